The minimum absolute atomic E-state index is 0.00633. The number of carboxylic acid groups (broad SMARTS) is 1. The molecule has 0 spiro atoms. The number of rotatable bonds is 4. The summed E-state index contributed by atoms with van der Waals surface area (Å²) in [6.45, 7) is 0. The highest BCUT2D eigenvalue weighted by atomic mass is 16.6. The highest BCUT2D eigenvalue weighted by Crippen LogP contribution is 2.41. The first-order valence-corrected chi connectivity index (χ1v) is 6.49. The zero-order chi connectivity index (χ0) is 15.1. The molecule has 108 valence electrons. The first-order valence-electron chi connectivity index (χ1n) is 6.49. The average molecular weight is 288 g/mol. The Kier molecular flexibility index (Phi) is 2.97. The van der Waals surface area contributed by atoms with Gasteiger partial charge in [0.15, 0.2) is 0 Å². The Morgan fingerprint density at radius 1 is 1.43 bits per heavy atom. The molecule has 1 fully saturated rings. The Hall–Kier alpha value is -2.70. The van der Waals surface area contributed by atoms with Gasteiger partial charge in [0, 0.05) is 11.6 Å². The fraction of sp³-hybridized carbons (Fsp3) is 0.286. The second-order valence-electron chi connectivity index (χ2n) is 5.10. The van der Waals surface area contributed by atoms with Gasteiger partial charge in [0.2, 0.25) is 5.91 Å². The minimum Gasteiger partial charge on any atom is -0.477 e. The topological polar surface area (TPSA) is 101 Å². The maximum absolute atomic E-state index is 12.1. The van der Waals surface area contributed by atoms with Crippen molar-refractivity contribution in [3.8, 4) is 0 Å². The largest absolute Gasteiger partial charge is 0.477 e. The summed E-state index contributed by atoms with van der Waals surface area (Å²) in [6, 6.07) is 6.12. The van der Waals surface area contributed by atoms with Crippen molar-refractivity contribution in [2.75, 3.05) is 0 Å². The summed E-state index contributed by atoms with van der Waals surface area (Å²) >= 11 is 0. The first kappa shape index (κ1) is 13.3. The minimum atomic E-state index is -1.12. The summed E-state index contributed by atoms with van der Waals surface area (Å²) in [7, 11) is 0. The predicted octanol–water partition coefficient (Wildman–Crippen LogP) is 1.34. The molecule has 2 aliphatic heterocycles. The summed E-state index contributed by atoms with van der Waals surface area (Å²) < 4.78 is 0. The molecule has 1 aromatic carbocycles. The summed E-state index contributed by atoms with van der Waals surface area (Å²) in [6.07, 6.45) is 2.28. The number of nitrogens with zero attached hydrogens (tertiary/aromatic N) is 2. The summed E-state index contributed by atoms with van der Waals surface area (Å²) in [5, 5.41) is 20.0. The molecule has 0 aromatic heterocycles. The van der Waals surface area contributed by atoms with E-state index in [0.717, 1.165) is 0 Å². The van der Waals surface area contributed by atoms with Crippen LogP contribution < -0.4 is 0 Å². The first-order chi connectivity index (χ1) is 10.0. The Morgan fingerprint density at radius 3 is 2.81 bits per heavy atom. The van der Waals surface area contributed by atoms with Gasteiger partial charge in [-0.2, -0.15) is 0 Å². The predicted molar refractivity (Wildman–Crippen MR) is 71.3 cm³/mol. The fourth-order valence-corrected chi connectivity index (χ4v) is 3.01. The number of hydrogen-bond donors (Lipinski definition) is 1. The van der Waals surface area contributed by atoms with E-state index in [-0.39, 0.29) is 35.7 Å². The molecule has 2 atom stereocenters. The van der Waals surface area contributed by atoms with Crippen LogP contribution in [0.4, 0.5) is 5.69 Å². The van der Waals surface area contributed by atoms with Gasteiger partial charge in [-0.25, -0.2) is 4.79 Å². The van der Waals surface area contributed by atoms with E-state index in [1.807, 2.05) is 0 Å². The van der Waals surface area contributed by atoms with E-state index in [0.29, 0.717) is 12.0 Å². The lowest BCUT2D eigenvalue weighted by atomic mass is 9.82. The molecule has 0 aliphatic carbocycles. The van der Waals surface area contributed by atoms with Crippen LogP contribution in [0, 0.1) is 16.0 Å². The van der Waals surface area contributed by atoms with E-state index in [9.17, 15) is 19.7 Å². The SMILES string of the molecule is O=C(O)C1=CC[C@H]2C(Cc3ccccc3[N+](=O)[O-])C(=O)N12. The Balaban J connectivity index is 1.79. The van der Waals surface area contributed by atoms with Crippen molar-refractivity contribution in [1.82, 2.24) is 4.90 Å². The zero-order valence-corrected chi connectivity index (χ0v) is 10.9. The van der Waals surface area contributed by atoms with Crippen molar-refractivity contribution >= 4 is 17.6 Å². The van der Waals surface area contributed by atoms with E-state index < -0.39 is 10.9 Å². The smallest absolute Gasteiger partial charge is 0.352 e. The summed E-state index contributed by atoms with van der Waals surface area (Å²) in [5.41, 5.74) is 0.515. The van der Waals surface area contributed by atoms with Crippen LogP contribution in [0.5, 0.6) is 0 Å². The molecule has 1 aromatic rings. The van der Waals surface area contributed by atoms with Crippen molar-refractivity contribution in [3.63, 3.8) is 0 Å². The molecule has 2 aliphatic rings. The van der Waals surface area contributed by atoms with Crippen LogP contribution in [-0.4, -0.2) is 32.8 Å². The Bertz CT molecular complexity index is 682. The van der Waals surface area contributed by atoms with E-state index in [4.69, 9.17) is 5.11 Å². The fourth-order valence-electron chi connectivity index (χ4n) is 3.01. The molecule has 7 nitrogen and oxygen atoms in total. The number of carboxylic acids is 1. The van der Waals surface area contributed by atoms with Gasteiger partial charge in [0.25, 0.3) is 5.69 Å². The second-order valence-corrected chi connectivity index (χ2v) is 5.10. The summed E-state index contributed by atoms with van der Waals surface area (Å²) in [5.74, 6) is -1.78. The van der Waals surface area contributed by atoms with Gasteiger partial charge in [0.05, 0.1) is 16.9 Å². The van der Waals surface area contributed by atoms with Crippen LogP contribution in [0.3, 0.4) is 0 Å². The lowest BCUT2D eigenvalue weighted by molar-refractivity contribution is -0.385. The number of β-lactam (4-membered cyclic amide) rings is 1. The number of para-hydroxylation sites is 1. The Morgan fingerprint density at radius 2 is 2.14 bits per heavy atom. The molecule has 0 radical (unpaired) electrons. The van der Waals surface area contributed by atoms with Crippen molar-refractivity contribution < 1.29 is 19.6 Å². The van der Waals surface area contributed by atoms with Gasteiger partial charge in [-0.05, 0) is 12.8 Å². The van der Waals surface area contributed by atoms with Crippen molar-refractivity contribution in [2.45, 2.75) is 18.9 Å². The number of carbonyl (C=O) groups excluding carboxylic acids is 1. The quantitative estimate of drug-likeness (QED) is 0.512. The van der Waals surface area contributed by atoms with E-state index in [2.05, 4.69) is 0 Å². The molecule has 0 bridgehead atoms. The maximum atomic E-state index is 12.1. The molecular formula is C14H12N2O5. The number of hydrogen-bond acceptors (Lipinski definition) is 4. The van der Waals surface area contributed by atoms with Crippen molar-refractivity contribution in [1.29, 1.82) is 0 Å². The molecule has 0 saturated carbocycles. The lowest BCUT2D eigenvalue weighted by Gasteiger charge is -2.43. The van der Waals surface area contributed by atoms with Gasteiger partial charge < -0.3 is 10.0 Å². The van der Waals surface area contributed by atoms with E-state index >= 15 is 0 Å². The number of fused-ring (bicyclic) bond motifs is 1. The van der Waals surface area contributed by atoms with E-state index in [1.54, 1.807) is 18.2 Å². The third-order valence-electron chi connectivity index (χ3n) is 4.01. The van der Waals surface area contributed by atoms with Gasteiger partial charge in [-0.3, -0.25) is 14.9 Å². The maximum Gasteiger partial charge on any atom is 0.352 e. The molecule has 1 amide bonds. The molecule has 1 N–H and O–H groups in total. The molecule has 1 saturated heterocycles. The van der Waals surface area contributed by atoms with Gasteiger partial charge in [-0.15, -0.1) is 0 Å². The Labute approximate surface area is 119 Å². The average Bonchev–Trinajstić information content (AvgIpc) is 2.85. The van der Waals surface area contributed by atoms with Gasteiger partial charge >= 0.3 is 5.97 Å². The van der Waals surface area contributed by atoms with Crippen LogP contribution in [-0.2, 0) is 16.0 Å². The normalized spacial score (nSPS) is 23.3. The summed E-state index contributed by atoms with van der Waals surface area (Å²) in [4.78, 5) is 34.9. The molecular weight excluding hydrogens is 276 g/mol. The number of amides is 1. The third kappa shape index (κ3) is 1.97. The van der Waals surface area contributed by atoms with Gasteiger partial charge in [0.1, 0.15) is 5.70 Å². The van der Waals surface area contributed by atoms with E-state index in [1.165, 1.54) is 17.0 Å². The van der Waals surface area contributed by atoms with Crippen LogP contribution in [0.1, 0.15) is 12.0 Å². The highest BCUT2D eigenvalue weighted by Gasteiger charge is 2.52. The highest BCUT2D eigenvalue weighted by molar-refractivity contribution is 5.98. The lowest BCUT2D eigenvalue weighted by Crippen LogP contribution is -2.59. The monoisotopic (exact) mass is 288 g/mol. The van der Waals surface area contributed by atoms with Gasteiger partial charge in [-0.1, -0.05) is 24.3 Å². The number of nitro benzene ring substituents is 1. The van der Waals surface area contributed by atoms with Crippen LogP contribution in [0.2, 0.25) is 0 Å². The van der Waals surface area contributed by atoms with Crippen molar-refractivity contribution in [3.05, 3.63) is 51.7 Å². The number of benzene rings is 1. The molecule has 21 heavy (non-hydrogen) atoms. The molecule has 2 heterocycles. The van der Waals surface area contributed by atoms with Crippen molar-refractivity contribution in [2.24, 2.45) is 5.92 Å². The number of carbonyl (C=O) groups is 2. The second kappa shape index (κ2) is 4.69. The standard InChI is InChI=1S/C14H12N2O5/c17-13-9(11-5-6-12(14(18)19)15(11)13)7-8-3-1-2-4-10(8)16(20)21/h1-4,6,9,11H,5,7H2,(H,18,19)/t9?,11-/m0/s1. The molecule has 1 unspecified atom stereocenters. The van der Waals surface area contributed by atoms with Crippen LogP contribution in [0.25, 0.3) is 0 Å². The zero-order valence-electron chi connectivity index (χ0n) is 10.9. The number of aliphatic carboxylic acids is 1. The molecule has 7 heteroatoms. The third-order valence-corrected chi connectivity index (χ3v) is 4.01. The van der Waals surface area contributed by atoms with Crippen LogP contribution in [0.15, 0.2) is 36.0 Å². The van der Waals surface area contributed by atoms with Crippen LogP contribution >= 0.6 is 0 Å². The molecule has 3 rings (SSSR count). The number of nitro groups is 1.